The molecule has 0 aliphatic heterocycles. The minimum absolute atomic E-state index is 0.761. The molecule has 49 heavy (non-hydrogen) atoms. The number of hydrogen-bond acceptors (Lipinski definition) is 3. The second-order valence-corrected chi connectivity index (χ2v) is 12.4. The lowest BCUT2D eigenvalue weighted by atomic mass is 10.1. The van der Waals surface area contributed by atoms with E-state index in [1.807, 2.05) is 54.6 Å². The number of nitrogen functional groups attached to an aromatic ring is 1. The van der Waals surface area contributed by atoms with Crippen LogP contribution in [-0.2, 0) is 0 Å². The van der Waals surface area contributed by atoms with Crippen molar-refractivity contribution in [2.24, 2.45) is 0 Å². The van der Waals surface area contributed by atoms with Gasteiger partial charge in [-0.15, -0.1) is 0 Å². The van der Waals surface area contributed by atoms with Gasteiger partial charge < -0.3 is 15.6 Å². The Morgan fingerprint density at radius 2 is 1.18 bits per heavy atom. The van der Waals surface area contributed by atoms with Gasteiger partial charge in [-0.1, -0.05) is 103 Å². The van der Waals surface area contributed by atoms with Gasteiger partial charge in [-0.25, -0.2) is 4.98 Å². The first kappa shape index (κ1) is 28.6. The molecule has 3 N–H and O–H groups in total. The van der Waals surface area contributed by atoms with Crippen molar-refractivity contribution in [3.8, 4) is 5.69 Å². The Balaban J connectivity index is 0.000000195. The lowest BCUT2D eigenvalue weighted by molar-refractivity contribution is 1.17. The standard InChI is InChI=1S/C32H21N3.C12H12N2/c1-20-9-8-10-21(19-20)34-27-15-6-5-13-24(27)25-17-18-29-30(31(25)34)33-32-26-14-3-2-11-22(26)23-12-4-7-16-28(23)35(29)32;13-11-8-4-5-9-12(11)14-10-6-2-1-3-7-10/h2-19H,1H3;1-9,14H,13H2. The number of pyridine rings is 1. The molecule has 0 amide bonds. The summed E-state index contributed by atoms with van der Waals surface area (Å²) in [6, 6.07) is 56.9. The summed E-state index contributed by atoms with van der Waals surface area (Å²) in [6.45, 7) is 2.15. The maximum atomic E-state index is 5.81. The number of para-hydroxylation sites is 5. The minimum atomic E-state index is 0.761. The largest absolute Gasteiger partial charge is 0.397 e. The topological polar surface area (TPSA) is 60.3 Å². The molecular formula is C44H33N5. The fraction of sp³-hybridized carbons (Fsp3) is 0.0227. The molecule has 0 fully saturated rings. The Kier molecular flexibility index (Phi) is 6.76. The number of anilines is 3. The first-order chi connectivity index (χ1) is 24.2. The molecule has 0 aliphatic rings. The van der Waals surface area contributed by atoms with Gasteiger partial charge in [0.1, 0.15) is 11.2 Å². The third kappa shape index (κ3) is 4.75. The monoisotopic (exact) mass is 631 g/mol. The Morgan fingerprint density at radius 1 is 0.531 bits per heavy atom. The van der Waals surface area contributed by atoms with Crippen LogP contribution in [-0.4, -0.2) is 14.0 Å². The average Bonchev–Trinajstić information content (AvgIpc) is 3.70. The van der Waals surface area contributed by atoms with Crippen LogP contribution in [0.2, 0.25) is 0 Å². The maximum absolute atomic E-state index is 5.81. The molecule has 0 aliphatic carbocycles. The summed E-state index contributed by atoms with van der Waals surface area (Å²) in [5, 5.41) is 9.38. The van der Waals surface area contributed by atoms with Gasteiger partial charge >= 0.3 is 0 Å². The zero-order valence-electron chi connectivity index (χ0n) is 27.0. The fourth-order valence-electron chi connectivity index (χ4n) is 7.15. The highest BCUT2D eigenvalue weighted by atomic mass is 15.1. The van der Waals surface area contributed by atoms with E-state index in [2.05, 4.69) is 130 Å². The molecule has 5 heteroatoms. The van der Waals surface area contributed by atoms with Crippen molar-refractivity contribution < 1.29 is 0 Å². The molecule has 10 aromatic rings. The molecule has 0 radical (unpaired) electrons. The molecule has 3 aromatic heterocycles. The third-order valence-corrected chi connectivity index (χ3v) is 9.34. The highest BCUT2D eigenvalue weighted by Crippen LogP contribution is 2.39. The molecule has 234 valence electrons. The fourth-order valence-corrected chi connectivity index (χ4v) is 7.15. The van der Waals surface area contributed by atoms with E-state index in [4.69, 9.17) is 10.7 Å². The van der Waals surface area contributed by atoms with Crippen LogP contribution in [0, 0.1) is 6.92 Å². The molecule has 10 rings (SSSR count). The van der Waals surface area contributed by atoms with Crippen LogP contribution in [0.3, 0.4) is 0 Å². The molecule has 0 saturated carbocycles. The highest BCUT2D eigenvalue weighted by molar-refractivity contribution is 6.20. The van der Waals surface area contributed by atoms with E-state index >= 15 is 0 Å². The van der Waals surface area contributed by atoms with Gasteiger partial charge in [0.15, 0.2) is 0 Å². The van der Waals surface area contributed by atoms with Crippen LogP contribution in [0.25, 0.3) is 65.8 Å². The number of rotatable bonds is 3. The number of nitrogens with one attached hydrogen (secondary N) is 1. The minimum Gasteiger partial charge on any atom is -0.397 e. The lowest BCUT2D eigenvalue weighted by Crippen LogP contribution is -1.95. The van der Waals surface area contributed by atoms with E-state index in [1.54, 1.807) is 0 Å². The van der Waals surface area contributed by atoms with Gasteiger partial charge in [0, 0.05) is 32.9 Å². The Bertz CT molecular complexity index is 2830. The third-order valence-electron chi connectivity index (χ3n) is 9.34. The van der Waals surface area contributed by atoms with Gasteiger partial charge in [-0.3, -0.25) is 4.40 Å². The lowest BCUT2D eigenvalue weighted by Gasteiger charge is -2.09. The first-order valence-corrected chi connectivity index (χ1v) is 16.5. The van der Waals surface area contributed by atoms with Crippen molar-refractivity contribution in [3.05, 3.63) is 169 Å². The van der Waals surface area contributed by atoms with Crippen LogP contribution in [0.1, 0.15) is 5.56 Å². The maximum Gasteiger partial charge on any atom is 0.146 e. The number of benzene rings is 7. The summed E-state index contributed by atoms with van der Waals surface area (Å²) >= 11 is 0. The van der Waals surface area contributed by atoms with Gasteiger partial charge in [0.25, 0.3) is 0 Å². The molecule has 5 nitrogen and oxygen atoms in total. The number of nitrogens with two attached hydrogens (primary N) is 1. The van der Waals surface area contributed by atoms with Crippen LogP contribution >= 0.6 is 0 Å². The van der Waals surface area contributed by atoms with Gasteiger partial charge in [-0.2, -0.15) is 0 Å². The van der Waals surface area contributed by atoms with E-state index in [9.17, 15) is 0 Å². The van der Waals surface area contributed by atoms with Crippen molar-refractivity contribution in [2.45, 2.75) is 6.92 Å². The number of nitrogens with zero attached hydrogens (tertiary/aromatic N) is 3. The second-order valence-electron chi connectivity index (χ2n) is 12.4. The molecule has 7 aromatic carbocycles. The smallest absolute Gasteiger partial charge is 0.146 e. The Hall–Kier alpha value is -6.59. The van der Waals surface area contributed by atoms with E-state index in [0.717, 1.165) is 44.9 Å². The molecule has 3 heterocycles. The second kappa shape index (κ2) is 11.6. The zero-order valence-corrected chi connectivity index (χ0v) is 27.0. The first-order valence-electron chi connectivity index (χ1n) is 16.5. The summed E-state index contributed by atoms with van der Waals surface area (Å²) in [4.78, 5) is 5.37. The number of fused-ring (bicyclic) bond motifs is 12. The van der Waals surface area contributed by atoms with E-state index in [-0.39, 0.29) is 0 Å². The van der Waals surface area contributed by atoms with Crippen molar-refractivity contribution in [2.75, 3.05) is 11.1 Å². The van der Waals surface area contributed by atoms with Crippen LogP contribution in [0.4, 0.5) is 17.1 Å². The number of aromatic nitrogens is 3. The molecule has 0 spiro atoms. The van der Waals surface area contributed by atoms with E-state index in [1.165, 1.54) is 43.5 Å². The number of imidazole rings is 1. The van der Waals surface area contributed by atoms with Crippen molar-refractivity contribution in [1.29, 1.82) is 0 Å². The molecule has 0 saturated heterocycles. The highest BCUT2D eigenvalue weighted by Gasteiger charge is 2.20. The summed E-state index contributed by atoms with van der Waals surface area (Å²) in [5.41, 5.74) is 17.7. The Morgan fingerprint density at radius 3 is 1.96 bits per heavy atom. The molecular weight excluding hydrogens is 599 g/mol. The van der Waals surface area contributed by atoms with Gasteiger partial charge in [0.05, 0.1) is 33.4 Å². The predicted octanol–water partition coefficient (Wildman–Crippen LogP) is 11.2. The summed E-state index contributed by atoms with van der Waals surface area (Å²) in [6.07, 6.45) is 0. The summed E-state index contributed by atoms with van der Waals surface area (Å²) < 4.78 is 4.72. The predicted molar refractivity (Wildman–Crippen MR) is 207 cm³/mol. The summed E-state index contributed by atoms with van der Waals surface area (Å²) in [5.74, 6) is 0. The van der Waals surface area contributed by atoms with Crippen molar-refractivity contribution >= 4 is 77.2 Å². The molecule has 0 bridgehead atoms. The van der Waals surface area contributed by atoms with Crippen LogP contribution < -0.4 is 11.1 Å². The quantitative estimate of drug-likeness (QED) is 0.151. The summed E-state index contributed by atoms with van der Waals surface area (Å²) in [7, 11) is 0. The van der Waals surface area contributed by atoms with E-state index < -0.39 is 0 Å². The zero-order chi connectivity index (χ0) is 32.9. The number of hydrogen-bond donors (Lipinski definition) is 2. The molecule has 0 atom stereocenters. The SMILES string of the molecule is Cc1cccc(-n2c3ccccc3c3ccc4c(nc5c6ccccc6c6ccccc6n45)c32)c1.Nc1ccccc1Nc1ccccc1. The average molecular weight is 632 g/mol. The van der Waals surface area contributed by atoms with E-state index in [0.29, 0.717) is 0 Å². The number of aryl methyl sites for hydroxylation is 1. The molecule has 0 unspecified atom stereocenters. The van der Waals surface area contributed by atoms with Crippen LogP contribution in [0.5, 0.6) is 0 Å². The van der Waals surface area contributed by atoms with Crippen molar-refractivity contribution in [1.82, 2.24) is 14.0 Å². The Labute approximate surface area is 283 Å². The van der Waals surface area contributed by atoms with Gasteiger partial charge in [0.2, 0.25) is 0 Å². The van der Waals surface area contributed by atoms with Crippen LogP contribution in [0.15, 0.2) is 164 Å². The van der Waals surface area contributed by atoms with Crippen molar-refractivity contribution in [3.63, 3.8) is 0 Å². The van der Waals surface area contributed by atoms with Gasteiger partial charge in [-0.05, 0) is 78.5 Å². The normalized spacial score (nSPS) is 11.4.